The van der Waals surface area contributed by atoms with E-state index in [-0.39, 0.29) is 0 Å². The third-order valence-corrected chi connectivity index (χ3v) is 4.22. The van der Waals surface area contributed by atoms with Crippen LogP contribution in [0.1, 0.15) is 5.69 Å². The molecule has 2 aromatic heterocycles. The summed E-state index contributed by atoms with van der Waals surface area (Å²) in [6.45, 7) is 2.06. The predicted octanol–water partition coefficient (Wildman–Crippen LogP) is 3.85. The number of aryl methyl sites for hydroxylation is 2. The van der Waals surface area contributed by atoms with Crippen LogP contribution in [0.4, 0.5) is 0 Å². The van der Waals surface area contributed by atoms with E-state index in [4.69, 9.17) is 0 Å². The second-order valence-electron chi connectivity index (χ2n) is 5.80. The van der Waals surface area contributed by atoms with Crippen LogP contribution in [0.2, 0.25) is 0 Å². The second-order valence-corrected chi connectivity index (χ2v) is 5.80. The van der Waals surface area contributed by atoms with E-state index in [1.807, 2.05) is 11.7 Å². The van der Waals surface area contributed by atoms with Crippen LogP contribution in [-0.4, -0.2) is 25.2 Å². The molecule has 0 unspecified atom stereocenters. The number of rotatable bonds is 3. The van der Waals surface area contributed by atoms with Crippen molar-refractivity contribution in [3.63, 3.8) is 0 Å². The van der Waals surface area contributed by atoms with Crippen LogP contribution < -0.4 is 0 Å². The quantitative estimate of drug-likeness (QED) is 0.625. The van der Waals surface area contributed by atoms with Gasteiger partial charge < -0.3 is 0 Å². The van der Waals surface area contributed by atoms with E-state index in [0.29, 0.717) is 0 Å². The second kappa shape index (κ2) is 5.77. The van der Waals surface area contributed by atoms with Crippen molar-refractivity contribution in [2.45, 2.75) is 6.92 Å². The largest absolute Gasteiger partial charge is 0.272 e. The molecule has 118 valence electrons. The van der Waals surface area contributed by atoms with Crippen molar-refractivity contribution in [3.05, 3.63) is 66.5 Å². The van der Waals surface area contributed by atoms with Gasteiger partial charge in [0, 0.05) is 23.9 Å². The molecule has 0 bridgehead atoms. The van der Waals surface area contributed by atoms with Crippen LogP contribution >= 0.6 is 0 Å². The van der Waals surface area contributed by atoms with Crippen LogP contribution in [0, 0.1) is 6.92 Å². The minimum Gasteiger partial charge on any atom is -0.272 e. The first-order valence-electron chi connectivity index (χ1n) is 7.78. The van der Waals surface area contributed by atoms with Gasteiger partial charge in [0.15, 0.2) is 0 Å². The fourth-order valence-electron chi connectivity index (χ4n) is 2.71. The number of hydrogen-bond donors (Lipinski definition) is 1. The molecule has 0 aliphatic rings. The minimum absolute atomic E-state index is 0.849. The lowest BCUT2D eigenvalue weighted by Gasteiger charge is -2.04. The van der Waals surface area contributed by atoms with Crippen molar-refractivity contribution >= 4 is 0 Å². The maximum absolute atomic E-state index is 4.52. The SMILES string of the molecule is Cc1cc(-c2ccc(-c3ccc(-c4cn[nH]n4)cc3)cc2)nn1C. The van der Waals surface area contributed by atoms with Crippen molar-refractivity contribution in [1.82, 2.24) is 25.2 Å². The first kappa shape index (κ1) is 14.4. The highest BCUT2D eigenvalue weighted by atomic mass is 15.3. The van der Waals surface area contributed by atoms with Gasteiger partial charge in [0.1, 0.15) is 5.69 Å². The smallest absolute Gasteiger partial charge is 0.112 e. The maximum atomic E-state index is 4.52. The van der Waals surface area contributed by atoms with E-state index in [1.54, 1.807) is 6.20 Å². The molecule has 0 saturated carbocycles. The van der Waals surface area contributed by atoms with Crippen molar-refractivity contribution in [1.29, 1.82) is 0 Å². The molecule has 4 aromatic rings. The Kier molecular flexibility index (Phi) is 3.46. The molecule has 1 N–H and O–H groups in total. The van der Waals surface area contributed by atoms with Gasteiger partial charge in [-0.1, -0.05) is 48.5 Å². The lowest BCUT2D eigenvalue weighted by atomic mass is 10.0. The van der Waals surface area contributed by atoms with Crippen molar-refractivity contribution < 1.29 is 0 Å². The Morgan fingerprint density at radius 3 is 1.79 bits per heavy atom. The van der Waals surface area contributed by atoms with Gasteiger partial charge >= 0.3 is 0 Å². The van der Waals surface area contributed by atoms with E-state index in [1.165, 1.54) is 11.1 Å². The summed E-state index contributed by atoms with van der Waals surface area (Å²) in [5.41, 5.74) is 7.53. The van der Waals surface area contributed by atoms with Gasteiger partial charge in [-0.2, -0.15) is 20.5 Å². The summed E-state index contributed by atoms with van der Waals surface area (Å²) < 4.78 is 1.89. The topological polar surface area (TPSA) is 59.4 Å². The first-order valence-corrected chi connectivity index (χ1v) is 7.78. The Morgan fingerprint density at radius 2 is 1.33 bits per heavy atom. The normalized spacial score (nSPS) is 10.9. The van der Waals surface area contributed by atoms with Gasteiger partial charge in [0.2, 0.25) is 0 Å². The standard InChI is InChI=1S/C19H17N5/c1-13-11-18(22-24(13)2)16-7-3-14(4-8-16)15-5-9-17(10-6-15)19-12-20-23-21-19/h3-12H,1-2H3,(H,20,21,23). The van der Waals surface area contributed by atoms with Crippen LogP contribution in [0.5, 0.6) is 0 Å². The lowest BCUT2D eigenvalue weighted by molar-refractivity contribution is 0.743. The van der Waals surface area contributed by atoms with Gasteiger partial charge in [-0.25, -0.2) is 0 Å². The number of H-pyrrole nitrogens is 1. The fourth-order valence-corrected chi connectivity index (χ4v) is 2.71. The third kappa shape index (κ3) is 2.60. The molecule has 2 aromatic carbocycles. The molecule has 0 atom stereocenters. The zero-order chi connectivity index (χ0) is 16.5. The Bertz CT molecular complexity index is 929. The number of nitrogens with one attached hydrogen (secondary N) is 1. The van der Waals surface area contributed by atoms with Crippen LogP contribution in [-0.2, 0) is 7.05 Å². The van der Waals surface area contributed by atoms with Gasteiger partial charge in [-0.05, 0) is 24.1 Å². The molecular weight excluding hydrogens is 298 g/mol. The van der Waals surface area contributed by atoms with Gasteiger partial charge in [0.05, 0.1) is 11.9 Å². The van der Waals surface area contributed by atoms with E-state index in [0.717, 1.165) is 28.2 Å². The number of aromatic nitrogens is 5. The zero-order valence-electron chi connectivity index (χ0n) is 13.6. The Hall–Kier alpha value is -3.21. The predicted molar refractivity (Wildman–Crippen MR) is 94.2 cm³/mol. The van der Waals surface area contributed by atoms with Crippen LogP contribution in [0.15, 0.2) is 60.8 Å². The molecule has 0 spiro atoms. The Balaban J connectivity index is 1.60. The number of nitrogens with zero attached hydrogens (tertiary/aromatic N) is 4. The summed E-state index contributed by atoms with van der Waals surface area (Å²) in [7, 11) is 1.96. The lowest BCUT2D eigenvalue weighted by Crippen LogP contribution is -1.92. The van der Waals surface area contributed by atoms with E-state index >= 15 is 0 Å². The van der Waals surface area contributed by atoms with E-state index in [2.05, 4.69) is 82.0 Å². The summed E-state index contributed by atoms with van der Waals surface area (Å²) in [5.74, 6) is 0. The Labute approximate surface area is 140 Å². The number of hydrogen-bond acceptors (Lipinski definition) is 3. The molecular formula is C19H17N5. The van der Waals surface area contributed by atoms with Crippen molar-refractivity contribution in [3.8, 4) is 33.6 Å². The summed E-state index contributed by atoms with van der Waals surface area (Å²) in [6, 6.07) is 18.9. The summed E-state index contributed by atoms with van der Waals surface area (Å²) in [5, 5.41) is 15.1. The fraction of sp³-hybridized carbons (Fsp3) is 0.105. The van der Waals surface area contributed by atoms with Gasteiger partial charge in [0.25, 0.3) is 0 Å². The highest BCUT2D eigenvalue weighted by Crippen LogP contribution is 2.26. The van der Waals surface area contributed by atoms with Crippen LogP contribution in [0.25, 0.3) is 33.6 Å². The van der Waals surface area contributed by atoms with Crippen molar-refractivity contribution in [2.75, 3.05) is 0 Å². The van der Waals surface area contributed by atoms with Crippen molar-refractivity contribution in [2.24, 2.45) is 7.05 Å². The van der Waals surface area contributed by atoms with Crippen LogP contribution in [0.3, 0.4) is 0 Å². The monoisotopic (exact) mass is 315 g/mol. The van der Waals surface area contributed by atoms with Gasteiger partial charge in [-0.3, -0.25) is 4.68 Å². The van der Waals surface area contributed by atoms with Gasteiger partial charge in [-0.15, -0.1) is 0 Å². The average molecular weight is 315 g/mol. The molecule has 5 heteroatoms. The van der Waals surface area contributed by atoms with E-state index in [9.17, 15) is 0 Å². The molecule has 5 nitrogen and oxygen atoms in total. The zero-order valence-corrected chi connectivity index (χ0v) is 13.6. The Morgan fingerprint density at radius 1 is 0.792 bits per heavy atom. The summed E-state index contributed by atoms with van der Waals surface area (Å²) in [6.07, 6.45) is 1.72. The number of aromatic amines is 1. The molecule has 0 amide bonds. The maximum Gasteiger partial charge on any atom is 0.112 e. The summed E-state index contributed by atoms with van der Waals surface area (Å²) in [4.78, 5) is 0. The molecule has 0 fully saturated rings. The highest BCUT2D eigenvalue weighted by Gasteiger charge is 2.06. The first-order chi connectivity index (χ1) is 11.7. The summed E-state index contributed by atoms with van der Waals surface area (Å²) >= 11 is 0. The minimum atomic E-state index is 0.849. The third-order valence-electron chi connectivity index (χ3n) is 4.22. The highest BCUT2D eigenvalue weighted by molar-refractivity contribution is 5.71. The molecule has 0 aliphatic carbocycles. The number of benzene rings is 2. The molecule has 0 saturated heterocycles. The molecule has 2 heterocycles. The molecule has 0 aliphatic heterocycles. The molecule has 24 heavy (non-hydrogen) atoms. The molecule has 4 rings (SSSR count). The van der Waals surface area contributed by atoms with E-state index < -0.39 is 0 Å². The molecule has 0 radical (unpaired) electrons. The average Bonchev–Trinajstić information content (AvgIpc) is 3.26.